The minimum absolute atomic E-state index is 0.106. The third-order valence-electron chi connectivity index (χ3n) is 2.80. The maximum Gasteiger partial charge on any atom is 0.167 e. The van der Waals surface area contributed by atoms with E-state index in [1.807, 2.05) is 55.5 Å². The molecule has 0 heterocycles. The van der Waals surface area contributed by atoms with Gasteiger partial charge in [-0.1, -0.05) is 34.1 Å². The van der Waals surface area contributed by atoms with E-state index in [1.54, 1.807) is 0 Å². The topological polar surface area (TPSA) is 26.3 Å². The number of rotatable bonds is 5. The largest absolute Gasteiger partial charge is 0.494 e. The maximum absolute atomic E-state index is 12.2. The molecule has 0 saturated heterocycles. The van der Waals surface area contributed by atoms with Crippen LogP contribution in [0.5, 0.6) is 5.75 Å². The van der Waals surface area contributed by atoms with Crippen LogP contribution in [0.1, 0.15) is 22.8 Å². The molecule has 0 aromatic heterocycles. The number of carbonyl (C=O) groups excluding carboxylic acids is 1. The third kappa shape index (κ3) is 3.67. The molecule has 2 aromatic carbocycles. The van der Waals surface area contributed by atoms with E-state index in [4.69, 9.17) is 4.74 Å². The van der Waals surface area contributed by atoms with Crippen molar-refractivity contribution < 1.29 is 9.53 Å². The fraction of sp³-hybridized carbons (Fsp3) is 0.188. The molecule has 0 bridgehead atoms. The highest BCUT2D eigenvalue weighted by Crippen LogP contribution is 2.19. The molecule has 0 aliphatic carbocycles. The van der Waals surface area contributed by atoms with Gasteiger partial charge in [0.25, 0.3) is 0 Å². The summed E-state index contributed by atoms with van der Waals surface area (Å²) in [6, 6.07) is 15.1. The zero-order valence-electron chi connectivity index (χ0n) is 10.7. The first-order chi connectivity index (χ1) is 9.20. The van der Waals surface area contributed by atoms with Crippen molar-refractivity contribution >= 4 is 21.7 Å². The first kappa shape index (κ1) is 13.8. The number of hydrogen-bond acceptors (Lipinski definition) is 2. The van der Waals surface area contributed by atoms with E-state index >= 15 is 0 Å². The molecule has 0 radical (unpaired) electrons. The van der Waals surface area contributed by atoms with Gasteiger partial charge in [0.05, 0.1) is 6.61 Å². The minimum Gasteiger partial charge on any atom is -0.494 e. The number of hydrogen-bond donors (Lipinski definition) is 0. The van der Waals surface area contributed by atoms with Crippen LogP contribution in [0.15, 0.2) is 53.0 Å². The second-order valence-corrected chi connectivity index (χ2v) is 5.00. The van der Waals surface area contributed by atoms with Crippen LogP contribution in [0.2, 0.25) is 0 Å². The zero-order valence-corrected chi connectivity index (χ0v) is 12.3. The molecule has 0 amide bonds. The van der Waals surface area contributed by atoms with Crippen molar-refractivity contribution in [1.82, 2.24) is 0 Å². The van der Waals surface area contributed by atoms with Crippen molar-refractivity contribution in [2.75, 3.05) is 6.61 Å². The SMILES string of the molecule is CCOc1ccc(C(=O)Cc2ccccc2Br)cc1. The van der Waals surface area contributed by atoms with Crippen molar-refractivity contribution in [1.29, 1.82) is 0 Å². The van der Waals surface area contributed by atoms with Gasteiger partial charge in [-0.25, -0.2) is 0 Å². The summed E-state index contributed by atoms with van der Waals surface area (Å²) in [6.45, 7) is 2.57. The van der Waals surface area contributed by atoms with Gasteiger partial charge in [-0.15, -0.1) is 0 Å². The smallest absolute Gasteiger partial charge is 0.167 e. The second kappa shape index (κ2) is 6.53. The number of carbonyl (C=O) groups is 1. The van der Waals surface area contributed by atoms with Crippen LogP contribution in [-0.4, -0.2) is 12.4 Å². The third-order valence-corrected chi connectivity index (χ3v) is 3.57. The molecule has 2 rings (SSSR count). The van der Waals surface area contributed by atoms with Gasteiger partial charge in [0, 0.05) is 16.5 Å². The lowest BCUT2D eigenvalue weighted by Gasteiger charge is -2.06. The molecule has 2 aromatic rings. The van der Waals surface area contributed by atoms with E-state index in [0.717, 1.165) is 15.8 Å². The fourth-order valence-corrected chi connectivity index (χ4v) is 2.25. The number of ketones is 1. The summed E-state index contributed by atoms with van der Waals surface area (Å²) in [5.74, 6) is 0.898. The molecular formula is C16H15BrO2. The van der Waals surface area contributed by atoms with E-state index in [1.165, 1.54) is 0 Å². The Bertz CT molecular complexity index is 561. The van der Waals surface area contributed by atoms with E-state index in [0.29, 0.717) is 18.6 Å². The number of Topliss-reactive ketones (excluding diaryl/α,β-unsaturated/α-hetero) is 1. The molecule has 0 aliphatic heterocycles. The minimum atomic E-state index is 0.106. The molecule has 0 atom stereocenters. The Morgan fingerprint density at radius 1 is 1.11 bits per heavy atom. The van der Waals surface area contributed by atoms with Crippen molar-refractivity contribution in [2.24, 2.45) is 0 Å². The Hall–Kier alpha value is -1.61. The van der Waals surface area contributed by atoms with Crippen molar-refractivity contribution in [3.05, 3.63) is 64.1 Å². The fourth-order valence-electron chi connectivity index (χ4n) is 1.82. The van der Waals surface area contributed by atoms with Gasteiger partial charge >= 0.3 is 0 Å². The van der Waals surface area contributed by atoms with Gasteiger partial charge in [0.2, 0.25) is 0 Å². The molecule has 0 saturated carbocycles. The standard InChI is InChI=1S/C16H15BrO2/c1-2-19-14-9-7-12(8-10-14)16(18)11-13-5-3-4-6-15(13)17/h3-10H,2,11H2,1H3. The van der Waals surface area contributed by atoms with Gasteiger partial charge in [0.15, 0.2) is 5.78 Å². The van der Waals surface area contributed by atoms with Crippen molar-refractivity contribution in [3.63, 3.8) is 0 Å². The summed E-state index contributed by atoms with van der Waals surface area (Å²) < 4.78 is 6.33. The van der Waals surface area contributed by atoms with Gasteiger partial charge in [0.1, 0.15) is 5.75 Å². The summed E-state index contributed by atoms with van der Waals surface area (Å²) in [4.78, 5) is 12.2. The Morgan fingerprint density at radius 2 is 1.79 bits per heavy atom. The number of ether oxygens (including phenoxy) is 1. The lowest BCUT2D eigenvalue weighted by Crippen LogP contribution is -2.04. The van der Waals surface area contributed by atoms with Crippen LogP contribution in [0.25, 0.3) is 0 Å². The average Bonchev–Trinajstić information content (AvgIpc) is 2.42. The molecular weight excluding hydrogens is 304 g/mol. The Balaban J connectivity index is 2.10. The Morgan fingerprint density at radius 3 is 2.42 bits per heavy atom. The molecule has 0 spiro atoms. The molecule has 0 aliphatic rings. The van der Waals surface area contributed by atoms with Crippen LogP contribution in [0.4, 0.5) is 0 Å². The highest BCUT2D eigenvalue weighted by molar-refractivity contribution is 9.10. The van der Waals surface area contributed by atoms with E-state index < -0.39 is 0 Å². The van der Waals surface area contributed by atoms with Crippen molar-refractivity contribution in [3.8, 4) is 5.75 Å². The van der Waals surface area contributed by atoms with Crippen LogP contribution in [-0.2, 0) is 6.42 Å². The number of halogens is 1. The number of benzene rings is 2. The summed E-state index contributed by atoms with van der Waals surface area (Å²) in [5.41, 5.74) is 1.71. The van der Waals surface area contributed by atoms with Gasteiger partial charge in [-0.3, -0.25) is 4.79 Å². The normalized spacial score (nSPS) is 10.2. The van der Waals surface area contributed by atoms with Gasteiger partial charge < -0.3 is 4.74 Å². The molecule has 2 nitrogen and oxygen atoms in total. The highest BCUT2D eigenvalue weighted by atomic mass is 79.9. The van der Waals surface area contributed by atoms with Crippen LogP contribution >= 0.6 is 15.9 Å². The van der Waals surface area contributed by atoms with Crippen LogP contribution in [0.3, 0.4) is 0 Å². The van der Waals surface area contributed by atoms with Gasteiger partial charge in [-0.05, 0) is 42.8 Å². The summed E-state index contributed by atoms with van der Waals surface area (Å²) in [7, 11) is 0. The van der Waals surface area contributed by atoms with E-state index in [2.05, 4.69) is 15.9 Å². The van der Waals surface area contributed by atoms with E-state index in [-0.39, 0.29) is 5.78 Å². The summed E-state index contributed by atoms with van der Waals surface area (Å²) >= 11 is 3.46. The van der Waals surface area contributed by atoms with Crippen molar-refractivity contribution in [2.45, 2.75) is 13.3 Å². The highest BCUT2D eigenvalue weighted by Gasteiger charge is 2.09. The lowest BCUT2D eigenvalue weighted by molar-refractivity contribution is 0.0993. The Kier molecular flexibility index (Phi) is 4.74. The molecule has 0 fully saturated rings. The van der Waals surface area contributed by atoms with Gasteiger partial charge in [-0.2, -0.15) is 0 Å². The Labute approximate surface area is 121 Å². The quantitative estimate of drug-likeness (QED) is 0.769. The molecule has 19 heavy (non-hydrogen) atoms. The predicted molar refractivity (Wildman–Crippen MR) is 79.8 cm³/mol. The monoisotopic (exact) mass is 318 g/mol. The first-order valence-corrected chi connectivity index (χ1v) is 6.99. The second-order valence-electron chi connectivity index (χ2n) is 4.15. The predicted octanol–water partition coefficient (Wildman–Crippen LogP) is 4.27. The van der Waals surface area contributed by atoms with E-state index in [9.17, 15) is 4.79 Å². The molecule has 3 heteroatoms. The summed E-state index contributed by atoms with van der Waals surface area (Å²) in [5, 5.41) is 0. The van der Waals surface area contributed by atoms with Crippen LogP contribution < -0.4 is 4.74 Å². The molecule has 0 unspecified atom stereocenters. The first-order valence-electron chi connectivity index (χ1n) is 6.20. The zero-order chi connectivity index (χ0) is 13.7. The lowest BCUT2D eigenvalue weighted by atomic mass is 10.0. The maximum atomic E-state index is 12.2. The average molecular weight is 319 g/mol. The molecule has 0 N–H and O–H groups in total. The molecule has 98 valence electrons. The summed E-state index contributed by atoms with van der Waals surface area (Å²) in [6.07, 6.45) is 0.398. The van der Waals surface area contributed by atoms with Crippen LogP contribution in [0, 0.1) is 0 Å².